The zero-order valence-electron chi connectivity index (χ0n) is 23.4. The Morgan fingerprint density at radius 1 is 1.00 bits per heavy atom. The van der Waals surface area contributed by atoms with Gasteiger partial charge >= 0.3 is 5.91 Å². The van der Waals surface area contributed by atoms with E-state index >= 15 is 0 Å². The van der Waals surface area contributed by atoms with Crippen LogP contribution in [0, 0.1) is 13.8 Å². The molecule has 0 radical (unpaired) electrons. The van der Waals surface area contributed by atoms with Gasteiger partial charge in [0.25, 0.3) is 5.78 Å². The quantitative estimate of drug-likeness (QED) is 0.0790. The molecule has 1 atom stereocenters. The number of hydrogen-bond donors (Lipinski definition) is 1. The number of aromatic nitrogens is 2. The molecule has 1 fully saturated rings. The number of carbonyl (C=O) groups excluding carboxylic acids is 2. The number of rotatable bonds is 6. The fourth-order valence-electron chi connectivity index (χ4n) is 4.73. The van der Waals surface area contributed by atoms with Crippen LogP contribution >= 0.6 is 34.7 Å². The molecule has 9 heteroatoms. The maximum absolute atomic E-state index is 13.6. The summed E-state index contributed by atoms with van der Waals surface area (Å²) in [5, 5.41) is 21.2. The molecule has 1 aromatic heterocycles. The Bertz CT molecular complexity index is 1650. The Hall–Kier alpha value is -3.46. The number of aryl methyl sites for hydroxylation is 2. The van der Waals surface area contributed by atoms with Gasteiger partial charge in [-0.1, -0.05) is 110 Å². The average Bonchev–Trinajstić information content (AvgIpc) is 3.51. The third-order valence-electron chi connectivity index (χ3n) is 7.06. The van der Waals surface area contributed by atoms with E-state index in [1.54, 1.807) is 0 Å². The van der Waals surface area contributed by atoms with Gasteiger partial charge in [-0.25, -0.2) is 0 Å². The number of amides is 1. The summed E-state index contributed by atoms with van der Waals surface area (Å²) in [4.78, 5) is 28.5. The number of benzene rings is 3. The van der Waals surface area contributed by atoms with Crippen molar-refractivity contribution < 1.29 is 14.7 Å². The van der Waals surface area contributed by atoms with E-state index in [9.17, 15) is 14.7 Å². The summed E-state index contributed by atoms with van der Waals surface area (Å²) in [5.41, 5.74) is 5.12. The molecule has 41 heavy (non-hydrogen) atoms. The van der Waals surface area contributed by atoms with E-state index in [0.717, 1.165) is 22.3 Å². The van der Waals surface area contributed by atoms with Crippen molar-refractivity contribution in [3.63, 3.8) is 0 Å². The number of halogens is 1. The fourth-order valence-corrected chi connectivity index (χ4v) is 6.68. The van der Waals surface area contributed by atoms with Gasteiger partial charge in [0.05, 0.1) is 11.6 Å². The fraction of sp³-hybridized carbons (Fsp3) is 0.250. The van der Waals surface area contributed by atoms with E-state index < -0.39 is 17.7 Å². The molecule has 0 aliphatic carbocycles. The Balaban J connectivity index is 1.57. The third kappa shape index (κ3) is 5.96. The van der Waals surface area contributed by atoms with Crippen LogP contribution in [0.1, 0.15) is 60.2 Å². The second-order valence-corrected chi connectivity index (χ2v) is 13.7. The van der Waals surface area contributed by atoms with Gasteiger partial charge in [0.2, 0.25) is 5.13 Å². The number of hydrogen-bond acceptors (Lipinski definition) is 7. The summed E-state index contributed by atoms with van der Waals surface area (Å²) in [6.45, 7) is 10.2. The summed E-state index contributed by atoms with van der Waals surface area (Å²) in [5.74, 6) is -1.04. The molecule has 0 bridgehead atoms. The maximum Gasteiger partial charge on any atom is 0.301 e. The molecular formula is C32H30ClN3O3S2. The number of Topliss-reactive ketones (excluding diaryl/α,β-unsaturated/α-hetero) is 1. The summed E-state index contributed by atoms with van der Waals surface area (Å²) in [7, 11) is 0. The zero-order valence-corrected chi connectivity index (χ0v) is 25.8. The highest BCUT2D eigenvalue weighted by atomic mass is 35.5. The van der Waals surface area contributed by atoms with Crippen molar-refractivity contribution >= 4 is 57.3 Å². The van der Waals surface area contributed by atoms with Crippen molar-refractivity contribution in [2.24, 2.45) is 0 Å². The van der Waals surface area contributed by atoms with Crippen LogP contribution in [0.25, 0.3) is 5.76 Å². The second-order valence-electron chi connectivity index (χ2n) is 11.1. The lowest BCUT2D eigenvalue weighted by Crippen LogP contribution is -2.29. The summed E-state index contributed by atoms with van der Waals surface area (Å²) < 4.78 is 0.660. The smallest absolute Gasteiger partial charge is 0.301 e. The summed E-state index contributed by atoms with van der Waals surface area (Å²) in [6, 6.07) is 20.2. The van der Waals surface area contributed by atoms with Crippen LogP contribution in [-0.2, 0) is 20.8 Å². The summed E-state index contributed by atoms with van der Waals surface area (Å²) in [6.07, 6.45) is 0. The number of anilines is 1. The van der Waals surface area contributed by atoms with Crippen molar-refractivity contribution in [2.75, 3.05) is 4.90 Å². The summed E-state index contributed by atoms with van der Waals surface area (Å²) >= 11 is 8.73. The topological polar surface area (TPSA) is 83.4 Å². The van der Waals surface area contributed by atoms with Crippen molar-refractivity contribution in [3.05, 3.63) is 111 Å². The SMILES string of the molecule is Cc1ccc(C)c(/C(O)=C2\C(=O)C(=O)N(c3nnc(SCc4ccc(Cl)cc4)s3)C2c2ccc(C(C)(C)C)cc2)c1. The van der Waals surface area contributed by atoms with Gasteiger partial charge in [-0.15, -0.1) is 10.2 Å². The van der Waals surface area contributed by atoms with Crippen LogP contribution in [0.4, 0.5) is 5.13 Å². The van der Waals surface area contributed by atoms with Crippen LogP contribution in [0.5, 0.6) is 0 Å². The molecule has 1 aliphatic heterocycles. The van der Waals surface area contributed by atoms with E-state index in [1.807, 2.05) is 80.6 Å². The van der Waals surface area contributed by atoms with Gasteiger partial charge in [-0.05, 0) is 59.7 Å². The molecule has 0 spiro atoms. The van der Waals surface area contributed by atoms with Gasteiger partial charge < -0.3 is 5.11 Å². The first-order chi connectivity index (χ1) is 19.4. The van der Waals surface area contributed by atoms with E-state index in [-0.39, 0.29) is 16.7 Å². The lowest BCUT2D eigenvalue weighted by molar-refractivity contribution is -0.132. The van der Waals surface area contributed by atoms with Gasteiger partial charge in [-0.2, -0.15) is 0 Å². The molecule has 4 aromatic rings. The molecule has 1 aliphatic rings. The minimum atomic E-state index is -0.856. The first-order valence-electron chi connectivity index (χ1n) is 13.1. The number of nitrogens with zero attached hydrogens (tertiary/aromatic N) is 3. The van der Waals surface area contributed by atoms with Crippen LogP contribution < -0.4 is 4.90 Å². The van der Waals surface area contributed by atoms with Crippen molar-refractivity contribution in [3.8, 4) is 0 Å². The van der Waals surface area contributed by atoms with Crippen molar-refractivity contribution in [2.45, 2.75) is 56.2 Å². The minimum absolute atomic E-state index is 0.0396. The number of aliphatic hydroxyl groups is 1. The Morgan fingerprint density at radius 3 is 2.34 bits per heavy atom. The molecule has 2 heterocycles. The van der Waals surface area contributed by atoms with Crippen LogP contribution in [0.3, 0.4) is 0 Å². The van der Waals surface area contributed by atoms with Crippen LogP contribution in [0.15, 0.2) is 76.6 Å². The average molecular weight is 604 g/mol. The molecular weight excluding hydrogens is 574 g/mol. The van der Waals surface area contributed by atoms with E-state index in [2.05, 4.69) is 31.0 Å². The largest absolute Gasteiger partial charge is 0.507 e. The molecule has 0 saturated carbocycles. The number of ketones is 1. The monoisotopic (exact) mass is 603 g/mol. The minimum Gasteiger partial charge on any atom is -0.507 e. The molecule has 1 N–H and O–H groups in total. The predicted octanol–water partition coefficient (Wildman–Crippen LogP) is 8.02. The molecule has 210 valence electrons. The number of thioether (sulfide) groups is 1. The second kappa shape index (κ2) is 11.4. The van der Waals surface area contributed by atoms with Crippen LogP contribution in [-0.4, -0.2) is 27.0 Å². The van der Waals surface area contributed by atoms with E-state index in [1.165, 1.54) is 28.0 Å². The Morgan fingerprint density at radius 2 is 1.68 bits per heavy atom. The molecule has 6 nitrogen and oxygen atoms in total. The molecule has 5 rings (SSSR count). The first kappa shape index (κ1) is 29.0. The van der Waals surface area contributed by atoms with Gasteiger partial charge in [0.15, 0.2) is 4.34 Å². The number of carbonyl (C=O) groups is 2. The van der Waals surface area contributed by atoms with Gasteiger partial charge in [0.1, 0.15) is 5.76 Å². The highest BCUT2D eigenvalue weighted by molar-refractivity contribution is 8.00. The lowest BCUT2D eigenvalue weighted by Gasteiger charge is -2.24. The molecule has 1 unspecified atom stereocenters. The highest BCUT2D eigenvalue weighted by Crippen LogP contribution is 2.44. The normalized spacial score (nSPS) is 16.9. The molecule has 3 aromatic carbocycles. The molecule has 1 amide bonds. The zero-order chi connectivity index (χ0) is 29.5. The Kier molecular flexibility index (Phi) is 8.10. The number of aliphatic hydroxyl groups excluding tert-OH is 1. The van der Waals surface area contributed by atoms with Gasteiger partial charge in [-0.3, -0.25) is 14.5 Å². The van der Waals surface area contributed by atoms with Crippen molar-refractivity contribution in [1.29, 1.82) is 0 Å². The molecule has 1 saturated heterocycles. The predicted molar refractivity (Wildman–Crippen MR) is 167 cm³/mol. The standard InChI is InChI=1S/C32H30ClN3O3S2/c1-18-6-7-19(2)24(16-18)27(37)25-26(21-10-12-22(13-11-21)32(3,4)5)36(29(39)28(25)38)30-34-35-31(41-30)40-17-20-8-14-23(33)15-9-20/h6-16,26,37H,17H2,1-5H3/b27-25+. The highest BCUT2D eigenvalue weighted by Gasteiger charge is 2.48. The van der Waals surface area contributed by atoms with E-state index in [0.29, 0.717) is 31.4 Å². The maximum atomic E-state index is 13.6. The lowest BCUT2D eigenvalue weighted by atomic mass is 9.85. The van der Waals surface area contributed by atoms with Gasteiger partial charge in [0, 0.05) is 16.3 Å². The van der Waals surface area contributed by atoms with Crippen LogP contribution in [0.2, 0.25) is 5.02 Å². The van der Waals surface area contributed by atoms with E-state index in [4.69, 9.17) is 11.6 Å². The van der Waals surface area contributed by atoms with Crippen molar-refractivity contribution in [1.82, 2.24) is 10.2 Å². The Labute approximate surface area is 253 Å². The third-order valence-corrected chi connectivity index (χ3v) is 9.44. The first-order valence-corrected chi connectivity index (χ1v) is 15.3.